The lowest BCUT2D eigenvalue weighted by atomic mass is 10.2. The molecule has 0 fully saturated rings. The van der Waals surface area contributed by atoms with Gasteiger partial charge in [0.1, 0.15) is 0 Å². The highest BCUT2D eigenvalue weighted by Crippen LogP contribution is 2.08. The molecule has 0 aliphatic rings. The molecule has 1 rings (SSSR count). The number of rotatable bonds is 7. The molecule has 1 heterocycles. The molecule has 1 aromatic rings. The summed E-state index contributed by atoms with van der Waals surface area (Å²) in [5.74, 6) is 0.0908. The Kier molecular flexibility index (Phi) is 6.11. The molecule has 1 aromatic heterocycles. The molecule has 0 radical (unpaired) electrons. The second kappa shape index (κ2) is 7.41. The van der Waals surface area contributed by atoms with Gasteiger partial charge in [0.15, 0.2) is 0 Å². The van der Waals surface area contributed by atoms with Gasteiger partial charge in [-0.15, -0.1) is 11.3 Å². The van der Waals surface area contributed by atoms with E-state index in [1.54, 1.807) is 11.3 Å². The Morgan fingerprint density at radius 1 is 1.50 bits per heavy atom. The fourth-order valence-corrected chi connectivity index (χ4v) is 2.07. The molecule has 0 aliphatic carbocycles. The minimum absolute atomic E-state index is 0.0908. The molecule has 0 saturated heterocycles. The Morgan fingerprint density at radius 3 is 2.94 bits per heavy atom. The maximum atomic E-state index is 11.5. The van der Waals surface area contributed by atoms with Crippen molar-refractivity contribution in [3.63, 3.8) is 0 Å². The number of thiophene rings is 1. The van der Waals surface area contributed by atoms with Crippen molar-refractivity contribution < 1.29 is 4.79 Å². The molecule has 2 N–H and O–H groups in total. The molecule has 1 atom stereocenters. The summed E-state index contributed by atoms with van der Waals surface area (Å²) in [6.45, 7) is 5.56. The Morgan fingerprint density at radius 2 is 2.31 bits per heavy atom. The van der Waals surface area contributed by atoms with Gasteiger partial charge in [-0.25, -0.2) is 0 Å². The van der Waals surface area contributed by atoms with Crippen LogP contribution in [-0.4, -0.2) is 25.0 Å². The van der Waals surface area contributed by atoms with E-state index in [2.05, 4.69) is 35.1 Å². The van der Waals surface area contributed by atoms with E-state index in [4.69, 9.17) is 0 Å². The Balaban J connectivity index is 2.14. The lowest BCUT2D eigenvalue weighted by Crippen LogP contribution is -2.43. The zero-order valence-corrected chi connectivity index (χ0v) is 10.8. The zero-order valence-electron chi connectivity index (χ0n) is 9.95. The highest BCUT2D eigenvalue weighted by Gasteiger charge is 2.10. The average molecular weight is 240 g/mol. The molecule has 0 bridgehead atoms. The molecule has 4 heteroatoms. The second-order valence-corrected chi connectivity index (χ2v) is 4.83. The summed E-state index contributed by atoms with van der Waals surface area (Å²) in [5.41, 5.74) is 0. The Labute approximate surface area is 101 Å². The first kappa shape index (κ1) is 13.2. The summed E-state index contributed by atoms with van der Waals surface area (Å²) in [7, 11) is 0. The van der Waals surface area contributed by atoms with Gasteiger partial charge in [-0.05, 0) is 31.2 Å². The Bertz CT molecular complexity index is 298. The van der Waals surface area contributed by atoms with Crippen molar-refractivity contribution >= 4 is 17.2 Å². The van der Waals surface area contributed by atoms with Gasteiger partial charge in [-0.2, -0.15) is 0 Å². The number of nitrogens with one attached hydrogen (secondary N) is 2. The third-order valence-electron chi connectivity index (χ3n) is 2.34. The number of hydrogen-bond acceptors (Lipinski definition) is 3. The van der Waals surface area contributed by atoms with E-state index >= 15 is 0 Å². The minimum atomic E-state index is -0.105. The SMILES string of the molecule is CCCNC(=O)C(C)NCCc1cccs1. The monoisotopic (exact) mass is 240 g/mol. The van der Waals surface area contributed by atoms with Crippen LogP contribution in [0.15, 0.2) is 17.5 Å². The summed E-state index contributed by atoms with van der Waals surface area (Å²) in [5, 5.41) is 8.18. The van der Waals surface area contributed by atoms with Crippen molar-refractivity contribution in [3.8, 4) is 0 Å². The van der Waals surface area contributed by atoms with Crippen molar-refractivity contribution in [2.75, 3.05) is 13.1 Å². The predicted octanol–water partition coefficient (Wildman–Crippen LogP) is 1.79. The van der Waals surface area contributed by atoms with Crippen LogP contribution in [0.4, 0.5) is 0 Å². The molecule has 0 saturated carbocycles. The van der Waals surface area contributed by atoms with Gasteiger partial charge in [0, 0.05) is 18.0 Å². The number of amides is 1. The summed E-state index contributed by atoms with van der Waals surface area (Å²) in [6, 6.07) is 4.07. The fourth-order valence-electron chi connectivity index (χ4n) is 1.36. The third kappa shape index (κ3) is 4.77. The van der Waals surface area contributed by atoms with Gasteiger partial charge in [0.05, 0.1) is 6.04 Å². The molecule has 0 spiro atoms. The zero-order chi connectivity index (χ0) is 11.8. The summed E-state index contributed by atoms with van der Waals surface area (Å²) in [6.07, 6.45) is 1.97. The van der Waals surface area contributed by atoms with E-state index in [0.717, 1.165) is 25.9 Å². The molecular weight excluding hydrogens is 220 g/mol. The second-order valence-electron chi connectivity index (χ2n) is 3.80. The molecule has 0 aliphatic heterocycles. The third-order valence-corrected chi connectivity index (χ3v) is 3.28. The van der Waals surface area contributed by atoms with E-state index in [1.807, 2.05) is 6.92 Å². The normalized spacial score (nSPS) is 12.4. The van der Waals surface area contributed by atoms with Crippen molar-refractivity contribution in [2.45, 2.75) is 32.7 Å². The maximum Gasteiger partial charge on any atom is 0.236 e. The lowest BCUT2D eigenvalue weighted by molar-refractivity contribution is -0.122. The fraction of sp³-hybridized carbons (Fsp3) is 0.583. The van der Waals surface area contributed by atoms with Gasteiger partial charge in [-0.3, -0.25) is 4.79 Å². The smallest absolute Gasteiger partial charge is 0.236 e. The van der Waals surface area contributed by atoms with Gasteiger partial charge in [0.25, 0.3) is 0 Å². The van der Waals surface area contributed by atoms with Gasteiger partial charge >= 0.3 is 0 Å². The van der Waals surface area contributed by atoms with Crippen molar-refractivity contribution in [1.29, 1.82) is 0 Å². The molecule has 16 heavy (non-hydrogen) atoms. The van der Waals surface area contributed by atoms with E-state index in [0.29, 0.717) is 0 Å². The van der Waals surface area contributed by atoms with E-state index in [-0.39, 0.29) is 11.9 Å². The average Bonchev–Trinajstić information content (AvgIpc) is 2.78. The number of hydrogen-bond donors (Lipinski definition) is 2. The van der Waals surface area contributed by atoms with Gasteiger partial charge in [-0.1, -0.05) is 13.0 Å². The van der Waals surface area contributed by atoms with Crippen LogP contribution in [0.2, 0.25) is 0 Å². The van der Waals surface area contributed by atoms with Crippen LogP contribution < -0.4 is 10.6 Å². The van der Waals surface area contributed by atoms with Gasteiger partial charge in [0.2, 0.25) is 5.91 Å². The first-order valence-corrected chi connectivity index (χ1v) is 6.65. The number of carbonyl (C=O) groups is 1. The molecule has 1 amide bonds. The molecule has 1 unspecified atom stereocenters. The van der Waals surface area contributed by atoms with Crippen LogP contribution in [0.5, 0.6) is 0 Å². The van der Waals surface area contributed by atoms with Crippen LogP contribution in [0.3, 0.4) is 0 Å². The van der Waals surface area contributed by atoms with E-state index < -0.39 is 0 Å². The van der Waals surface area contributed by atoms with Crippen LogP contribution in [0, 0.1) is 0 Å². The van der Waals surface area contributed by atoms with E-state index in [1.165, 1.54) is 4.88 Å². The maximum absolute atomic E-state index is 11.5. The van der Waals surface area contributed by atoms with Gasteiger partial charge < -0.3 is 10.6 Å². The standard InChI is InChI=1S/C12H20N2OS/c1-3-7-14-12(15)10(2)13-8-6-11-5-4-9-16-11/h4-5,9-10,13H,3,6-8H2,1-2H3,(H,14,15). The van der Waals surface area contributed by atoms with Crippen molar-refractivity contribution in [2.24, 2.45) is 0 Å². The number of carbonyl (C=O) groups excluding carboxylic acids is 1. The quantitative estimate of drug-likeness (QED) is 0.763. The van der Waals surface area contributed by atoms with E-state index in [9.17, 15) is 4.79 Å². The Hall–Kier alpha value is -0.870. The summed E-state index contributed by atoms with van der Waals surface area (Å²) < 4.78 is 0. The largest absolute Gasteiger partial charge is 0.355 e. The highest BCUT2D eigenvalue weighted by molar-refractivity contribution is 7.09. The first-order valence-electron chi connectivity index (χ1n) is 5.77. The van der Waals surface area contributed by atoms with Crippen molar-refractivity contribution in [3.05, 3.63) is 22.4 Å². The topological polar surface area (TPSA) is 41.1 Å². The van der Waals surface area contributed by atoms with Crippen LogP contribution >= 0.6 is 11.3 Å². The summed E-state index contributed by atoms with van der Waals surface area (Å²) in [4.78, 5) is 12.9. The predicted molar refractivity (Wildman–Crippen MR) is 68.8 cm³/mol. The minimum Gasteiger partial charge on any atom is -0.355 e. The highest BCUT2D eigenvalue weighted by atomic mass is 32.1. The molecule has 90 valence electrons. The van der Waals surface area contributed by atoms with Crippen LogP contribution in [-0.2, 0) is 11.2 Å². The first-order chi connectivity index (χ1) is 7.74. The lowest BCUT2D eigenvalue weighted by Gasteiger charge is -2.13. The molecular formula is C12H20N2OS. The van der Waals surface area contributed by atoms with Crippen LogP contribution in [0.25, 0.3) is 0 Å². The van der Waals surface area contributed by atoms with Crippen molar-refractivity contribution in [1.82, 2.24) is 10.6 Å². The summed E-state index contributed by atoms with van der Waals surface area (Å²) >= 11 is 1.76. The van der Waals surface area contributed by atoms with Crippen LogP contribution in [0.1, 0.15) is 25.1 Å². The molecule has 0 aromatic carbocycles. The molecule has 3 nitrogen and oxygen atoms in total.